The second-order valence-electron chi connectivity index (χ2n) is 4.13. The van der Waals surface area contributed by atoms with Crippen LogP contribution in [0.2, 0.25) is 0 Å². The van der Waals surface area contributed by atoms with E-state index in [9.17, 15) is 0 Å². The summed E-state index contributed by atoms with van der Waals surface area (Å²) < 4.78 is 3.55. The molecule has 14 heavy (non-hydrogen) atoms. The van der Waals surface area contributed by atoms with Crippen LogP contribution < -0.4 is 0 Å². The smallest absolute Gasteiger partial charge is 1.00 e. The SMILES string of the molecule is CC1=C(C)C(C)=[C]([Zr+2][C]2=CC=CC2)C1.[H-].[H-]. The van der Waals surface area contributed by atoms with Crippen molar-refractivity contribution < 1.29 is 26.1 Å². The van der Waals surface area contributed by atoms with Crippen molar-refractivity contribution in [1.29, 1.82) is 0 Å². The molecular weight excluding hydrogens is 247 g/mol. The third-order valence-corrected chi connectivity index (χ3v) is 6.98. The van der Waals surface area contributed by atoms with Crippen LogP contribution in [-0.4, -0.2) is 0 Å². The van der Waals surface area contributed by atoms with Crippen molar-refractivity contribution in [2.45, 2.75) is 33.6 Å². The second-order valence-corrected chi connectivity index (χ2v) is 7.81. The Morgan fingerprint density at radius 3 is 2.50 bits per heavy atom. The van der Waals surface area contributed by atoms with Crippen molar-refractivity contribution in [3.8, 4) is 0 Å². The molecule has 0 fully saturated rings. The maximum absolute atomic E-state index is 2.34. The molecule has 0 nitrogen and oxygen atoms in total. The van der Waals surface area contributed by atoms with Crippen LogP contribution in [0, 0.1) is 0 Å². The van der Waals surface area contributed by atoms with Crippen molar-refractivity contribution in [1.82, 2.24) is 0 Å². The summed E-state index contributed by atoms with van der Waals surface area (Å²) in [6.07, 6.45) is 9.36. The average Bonchev–Trinajstić information content (AvgIpc) is 2.73. The van der Waals surface area contributed by atoms with Gasteiger partial charge in [-0.3, -0.25) is 0 Å². The van der Waals surface area contributed by atoms with Crippen LogP contribution in [0.5, 0.6) is 0 Å². The Labute approximate surface area is 101 Å². The summed E-state index contributed by atoms with van der Waals surface area (Å²) in [4.78, 5) is 0. The summed E-state index contributed by atoms with van der Waals surface area (Å²) in [7, 11) is 0. The molecule has 0 aromatic carbocycles. The van der Waals surface area contributed by atoms with E-state index in [1.54, 1.807) is 23.3 Å². The minimum Gasteiger partial charge on any atom is -1.00 e. The molecule has 0 aromatic rings. The Hall–Kier alpha value is -0.157. The minimum atomic E-state index is -0.401. The van der Waals surface area contributed by atoms with Gasteiger partial charge in [0.2, 0.25) is 0 Å². The van der Waals surface area contributed by atoms with Gasteiger partial charge in [0.15, 0.2) is 0 Å². The van der Waals surface area contributed by atoms with Gasteiger partial charge in [-0.05, 0) is 0 Å². The monoisotopic (exact) mass is 264 g/mol. The molecule has 0 aliphatic heterocycles. The van der Waals surface area contributed by atoms with E-state index >= 15 is 0 Å². The molecule has 0 radical (unpaired) electrons. The molecule has 0 atom stereocenters. The van der Waals surface area contributed by atoms with Crippen LogP contribution in [0.3, 0.4) is 0 Å². The van der Waals surface area contributed by atoms with Gasteiger partial charge in [0.1, 0.15) is 0 Å². The van der Waals surface area contributed by atoms with Gasteiger partial charge < -0.3 is 2.85 Å². The summed E-state index contributed by atoms with van der Waals surface area (Å²) in [6.45, 7) is 6.87. The van der Waals surface area contributed by atoms with E-state index < -0.39 is 23.2 Å². The van der Waals surface area contributed by atoms with Crippen LogP contribution in [0.1, 0.15) is 36.5 Å². The topological polar surface area (TPSA) is 0 Å². The molecular formula is C13H18Zr. The molecule has 2 aliphatic carbocycles. The number of hydrogen-bond donors (Lipinski definition) is 0. The van der Waals surface area contributed by atoms with Gasteiger partial charge in [-0.25, -0.2) is 0 Å². The zero-order valence-corrected chi connectivity index (χ0v) is 11.6. The Bertz CT molecular complexity index is 387. The summed E-state index contributed by atoms with van der Waals surface area (Å²) in [5.74, 6) is 0. The van der Waals surface area contributed by atoms with Crippen molar-refractivity contribution in [3.05, 3.63) is 41.5 Å². The maximum atomic E-state index is 2.34. The first-order valence-electron chi connectivity index (χ1n) is 5.17. The van der Waals surface area contributed by atoms with Crippen molar-refractivity contribution in [3.63, 3.8) is 0 Å². The Morgan fingerprint density at radius 1 is 1.21 bits per heavy atom. The predicted molar refractivity (Wildman–Crippen MR) is 59.8 cm³/mol. The van der Waals surface area contributed by atoms with Crippen molar-refractivity contribution in [2.24, 2.45) is 0 Å². The average molecular weight is 266 g/mol. The summed E-state index contributed by atoms with van der Waals surface area (Å²) >= 11 is -0.401. The van der Waals surface area contributed by atoms with E-state index in [-0.39, 0.29) is 2.85 Å². The molecule has 74 valence electrons. The fourth-order valence-corrected chi connectivity index (χ4v) is 5.67. The maximum Gasteiger partial charge on any atom is -1.00 e. The Morgan fingerprint density at radius 2 is 2.00 bits per heavy atom. The van der Waals surface area contributed by atoms with Gasteiger partial charge in [0.25, 0.3) is 0 Å². The van der Waals surface area contributed by atoms with E-state index in [0.29, 0.717) is 0 Å². The molecule has 0 amide bonds. The molecule has 0 aromatic heterocycles. The molecule has 2 aliphatic rings. The van der Waals surface area contributed by atoms with Crippen LogP contribution in [0.25, 0.3) is 0 Å². The molecule has 0 saturated carbocycles. The van der Waals surface area contributed by atoms with Gasteiger partial charge >= 0.3 is 98.4 Å². The zero-order chi connectivity index (χ0) is 10.1. The fraction of sp³-hybridized carbons (Fsp3) is 0.385. The van der Waals surface area contributed by atoms with E-state index in [0.717, 1.165) is 0 Å². The molecule has 0 bridgehead atoms. The van der Waals surface area contributed by atoms with Crippen LogP contribution in [0.15, 0.2) is 41.5 Å². The molecule has 0 N–H and O–H groups in total. The van der Waals surface area contributed by atoms with Crippen molar-refractivity contribution >= 4 is 0 Å². The van der Waals surface area contributed by atoms with Crippen molar-refractivity contribution in [2.75, 3.05) is 0 Å². The van der Waals surface area contributed by atoms with E-state index in [2.05, 4.69) is 39.0 Å². The Kier molecular flexibility index (Phi) is 3.07. The molecule has 0 spiro atoms. The first-order chi connectivity index (χ1) is 6.68. The second kappa shape index (κ2) is 4.15. The normalized spacial score (nSPS) is 20.6. The minimum absolute atomic E-state index is 0. The standard InChI is InChI=1S/C8H11.C5H5.Zr.2H/c1-6-4-5-7(2)8(6)3;1-2-4-5-3-1;;;/h4H2,1-3H3;1-3H,4H2;;;/q;;+2;2*-1. The van der Waals surface area contributed by atoms with Crippen LogP contribution >= 0.6 is 0 Å². The van der Waals surface area contributed by atoms with Gasteiger partial charge in [0.05, 0.1) is 0 Å². The summed E-state index contributed by atoms with van der Waals surface area (Å²) in [6, 6.07) is 0. The number of rotatable bonds is 2. The predicted octanol–water partition coefficient (Wildman–Crippen LogP) is 4.15. The van der Waals surface area contributed by atoms with E-state index in [1.807, 2.05) is 0 Å². The van der Waals surface area contributed by atoms with E-state index in [4.69, 9.17) is 0 Å². The zero-order valence-electron chi connectivity index (χ0n) is 11.1. The molecule has 0 unspecified atom stereocenters. The van der Waals surface area contributed by atoms with Gasteiger partial charge in [-0.2, -0.15) is 0 Å². The Balaban J connectivity index is 0.00000112. The molecule has 0 heterocycles. The van der Waals surface area contributed by atoms with Gasteiger partial charge in [0, 0.05) is 0 Å². The third kappa shape index (κ3) is 1.93. The first-order valence-corrected chi connectivity index (χ1v) is 7.63. The summed E-state index contributed by atoms with van der Waals surface area (Å²) in [5, 5.41) is 0. The summed E-state index contributed by atoms with van der Waals surface area (Å²) in [5.41, 5.74) is 4.78. The van der Waals surface area contributed by atoms with Crippen LogP contribution in [-0.2, 0) is 23.2 Å². The molecule has 1 heteroatoms. The fourth-order valence-electron chi connectivity index (χ4n) is 1.95. The molecule has 2 rings (SSSR count). The quantitative estimate of drug-likeness (QED) is 0.703. The number of allylic oxidation sites excluding steroid dienone is 8. The third-order valence-electron chi connectivity index (χ3n) is 3.18. The first kappa shape index (κ1) is 10.4. The van der Waals surface area contributed by atoms with E-state index in [1.165, 1.54) is 12.8 Å². The van der Waals surface area contributed by atoms with Gasteiger partial charge in [-0.15, -0.1) is 0 Å². The van der Waals surface area contributed by atoms with Crippen LogP contribution in [0.4, 0.5) is 0 Å². The largest absolute Gasteiger partial charge is 1.00 e. The number of hydrogen-bond acceptors (Lipinski definition) is 0. The van der Waals surface area contributed by atoms with Gasteiger partial charge in [-0.1, -0.05) is 0 Å². The molecule has 0 saturated heterocycles.